The average Bonchev–Trinajstić information content (AvgIpc) is 2.64. The highest BCUT2D eigenvalue weighted by Gasteiger charge is 2.21. The maximum atomic E-state index is 14.0. The maximum Gasteiger partial charge on any atom is 0.314 e. The van der Waals surface area contributed by atoms with Crippen molar-refractivity contribution < 1.29 is 13.9 Å². The smallest absolute Gasteiger partial charge is 0.314 e. The van der Waals surface area contributed by atoms with E-state index in [-0.39, 0.29) is 18.8 Å². The van der Waals surface area contributed by atoms with E-state index in [2.05, 4.69) is 10.0 Å². The van der Waals surface area contributed by atoms with Crippen molar-refractivity contribution in [1.29, 1.82) is 0 Å². The normalized spacial score (nSPS) is 12.7. The van der Waals surface area contributed by atoms with Crippen LogP contribution in [0, 0.1) is 5.82 Å². The fraction of sp³-hybridized carbons (Fsp3) is 0.316. The summed E-state index contributed by atoms with van der Waals surface area (Å²) < 4.78 is 18.8. The van der Waals surface area contributed by atoms with Crippen LogP contribution in [0.5, 0.6) is 0 Å². The Hall–Kier alpha value is -2.60. The molecule has 0 aromatic heterocycles. The molecular weight excluding hydrogens is 371 g/mol. The molecule has 0 aliphatic rings. The molecule has 0 saturated heterocycles. The molecule has 0 aliphatic heterocycles. The van der Waals surface area contributed by atoms with Crippen LogP contribution >= 0.6 is 11.6 Å². The summed E-state index contributed by atoms with van der Waals surface area (Å²) in [6, 6.07) is 10.3. The van der Waals surface area contributed by atoms with Crippen molar-refractivity contribution in [2.45, 2.75) is 31.8 Å². The third kappa shape index (κ3) is 5.96. The van der Waals surface area contributed by atoms with Gasteiger partial charge in [0.15, 0.2) is 0 Å². The van der Waals surface area contributed by atoms with Gasteiger partial charge in [0.1, 0.15) is 11.9 Å². The van der Waals surface area contributed by atoms with Gasteiger partial charge in [0.2, 0.25) is 0 Å². The van der Waals surface area contributed by atoms with Crippen LogP contribution in [-0.4, -0.2) is 24.7 Å². The predicted octanol–water partition coefficient (Wildman–Crippen LogP) is 4.65. The van der Waals surface area contributed by atoms with E-state index < -0.39 is 18.1 Å². The summed E-state index contributed by atoms with van der Waals surface area (Å²) in [5, 5.41) is 3.93. The second kappa shape index (κ2) is 9.92. The Kier molecular flexibility index (Phi) is 7.61. The van der Waals surface area contributed by atoms with E-state index in [1.807, 2.05) is 12.1 Å². The first-order valence-electron chi connectivity index (χ1n) is 8.45. The standard InChI is InChI=1S/C19H20ClFN4O2/c1-2-27-19(26)18(24-25-23)11-15(22)9-12-3-5-13(6-4-12)16-10-14(20)7-8-17(16)21/h3-8,10,15,18H,2,9,11,22H2,1H3/t15?,18-/m1/s1. The van der Waals surface area contributed by atoms with Crippen LogP contribution in [0.15, 0.2) is 47.6 Å². The van der Waals surface area contributed by atoms with Crippen molar-refractivity contribution >= 4 is 17.6 Å². The van der Waals surface area contributed by atoms with Crippen molar-refractivity contribution in [2.24, 2.45) is 10.8 Å². The summed E-state index contributed by atoms with van der Waals surface area (Å²) in [6.07, 6.45) is 0.642. The van der Waals surface area contributed by atoms with Crippen molar-refractivity contribution in [3.05, 3.63) is 69.3 Å². The van der Waals surface area contributed by atoms with Gasteiger partial charge in [-0.25, -0.2) is 4.39 Å². The molecule has 1 unspecified atom stereocenters. The maximum absolute atomic E-state index is 14.0. The first kappa shape index (κ1) is 20.7. The number of nitrogens with zero attached hydrogens (tertiary/aromatic N) is 3. The number of carbonyl (C=O) groups is 1. The summed E-state index contributed by atoms with van der Waals surface area (Å²) in [5.74, 6) is -0.937. The van der Waals surface area contributed by atoms with E-state index in [1.54, 1.807) is 25.1 Å². The summed E-state index contributed by atoms with van der Waals surface area (Å²) in [7, 11) is 0. The highest BCUT2D eigenvalue weighted by atomic mass is 35.5. The Labute approximate surface area is 161 Å². The second-order valence-corrected chi connectivity index (χ2v) is 6.43. The van der Waals surface area contributed by atoms with Gasteiger partial charge in [-0.1, -0.05) is 41.0 Å². The molecule has 2 atom stereocenters. The minimum atomic E-state index is -0.954. The number of benzene rings is 2. The molecule has 2 aromatic rings. The molecule has 27 heavy (non-hydrogen) atoms. The first-order chi connectivity index (χ1) is 12.9. The van der Waals surface area contributed by atoms with Crippen molar-refractivity contribution in [3.8, 4) is 11.1 Å². The molecule has 0 aliphatic carbocycles. The van der Waals surface area contributed by atoms with Gasteiger partial charge in [-0.3, -0.25) is 4.79 Å². The molecule has 142 valence electrons. The Morgan fingerprint density at radius 1 is 1.33 bits per heavy atom. The molecule has 2 aromatic carbocycles. The van der Waals surface area contributed by atoms with Gasteiger partial charge < -0.3 is 10.5 Å². The Morgan fingerprint density at radius 2 is 2.04 bits per heavy atom. The quantitative estimate of drug-likeness (QED) is 0.307. The molecule has 8 heteroatoms. The summed E-state index contributed by atoms with van der Waals surface area (Å²) in [4.78, 5) is 14.5. The highest BCUT2D eigenvalue weighted by molar-refractivity contribution is 6.30. The lowest BCUT2D eigenvalue weighted by Crippen LogP contribution is -2.32. The zero-order valence-electron chi connectivity index (χ0n) is 14.8. The number of hydrogen-bond donors (Lipinski definition) is 1. The number of nitrogens with two attached hydrogens (primary N) is 1. The Morgan fingerprint density at radius 3 is 2.67 bits per heavy atom. The molecule has 0 saturated carbocycles. The van der Waals surface area contributed by atoms with Crippen molar-refractivity contribution in [2.75, 3.05) is 6.61 Å². The van der Waals surface area contributed by atoms with E-state index in [0.717, 1.165) is 5.56 Å². The third-order valence-electron chi connectivity index (χ3n) is 3.97. The predicted molar refractivity (Wildman–Crippen MR) is 103 cm³/mol. The zero-order valence-corrected chi connectivity index (χ0v) is 15.6. The monoisotopic (exact) mass is 390 g/mol. The number of esters is 1. The molecule has 0 bridgehead atoms. The lowest BCUT2D eigenvalue weighted by Gasteiger charge is -2.16. The fourth-order valence-corrected chi connectivity index (χ4v) is 2.88. The lowest BCUT2D eigenvalue weighted by atomic mass is 9.98. The van der Waals surface area contributed by atoms with E-state index in [4.69, 9.17) is 27.6 Å². The molecule has 2 N–H and O–H groups in total. The minimum Gasteiger partial charge on any atom is -0.466 e. The van der Waals surface area contributed by atoms with Crippen molar-refractivity contribution in [1.82, 2.24) is 0 Å². The molecular formula is C19H20ClFN4O2. The number of hydrogen-bond acceptors (Lipinski definition) is 4. The molecule has 0 fully saturated rings. The molecule has 6 nitrogen and oxygen atoms in total. The van der Waals surface area contributed by atoms with Crippen LogP contribution in [0.3, 0.4) is 0 Å². The number of ether oxygens (including phenoxy) is 1. The topological polar surface area (TPSA) is 101 Å². The van der Waals surface area contributed by atoms with Gasteiger partial charge in [-0.15, -0.1) is 0 Å². The number of azide groups is 1. The van der Waals surface area contributed by atoms with Crippen LogP contribution in [-0.2, 0) is 16.0 Å². The Balaban J connectivity index is 2.05. The van der Waals surface area contributed by atoms with Gasteiger partial charge in [0.05, 0.1) is 6.61 Å². The van der Waals surface area contributed by atoms with Crippen LogP contribution in [0.1, 0.15) is 18.9 Å². The van der Waals surface area contributed by atoms with Gasteiger partial charge in [0, 0.05) is 21.5 Å². The summed E-state index contributed by atoms with van der Waals surface area (Å²) in [6.45, 7) is 1.88. The lowest BCUT2D eigenvalue weighted by molar-refractivity contribution is -0.144. The molecule has 2 rings (SSSR count). The van der Waals surface area contributed by atoms with E-state index >= 15 is 0 Å². The molecule has 0 heterocycles. The van der Waals surface area contributed by atoms with Crippen LogP contribution in [0.4, 0.5) is 4.39 Å². The van der Waals surface area contributed by atoms with Gasteiger partial charge in [-0.2, -0.15) is 0 Å². The molecule has 0 amide bonds. The Bertz CT molecular complexity index is 838. The molecule has 0 spiro atoms. The first-order valence-corrected chi connectivity index (χ1v) is 8.83. The van der Waals surface area contributed by atoms with E-state index in [9.17, 15) is 9.18 Å². The second-order valence-electron chi connectivity index (χ2n) is 5.99. The average molecular weight is 391 g/mol. The van der Waals surface area contributed by atoms with Crippen LogP contribution in [0.2, 0.25) is 5.02 Å². The van der Waals surface area contributed by atoms with E-state index in [0.29, 0.717) is 22.6 Å². The number of carbonyl (C=O) groups excluding carboxylic acids is 1. The largest absolute Gasteiger partial charge is 0.466 e. The summed E-state index contributed by atoms with van der Waals surface area (Å²) in [5.41, 5.74) is 16.7. The number of rotatable bonds is 8. The summed E-state index contributed by atoms with van der Waals surface area (Å²) >= 11 is 5.93. The van der Waals surface area contributed by atoms with Crippen LogP contribution in [0.25, 0.3) is 21.6 Å². The van der Waals surface area contributed by atoms with E-state index in [1.165, 1.54) is 12.1 Å². The van der Waals surface area contributed by atoms with Crippen LogP contribution < -0.4 is 5.73 Å². The zero-order chi connectivity index (χ0) is 19.8. The van der Waals surface area contributed by atoms with Gasteiger partial charge >= 0.3 is 5.97 Å². The fourth-order valence-electron chi connectivity index (χ4n) is 2.70. The van der Waals surface area contributed by atoms with Gasteiger partial charge in [-0.05, 0) is 54.6 Å². The van der Waals surface area contributed by atoms with Crippen molar-refractivity contribution in [3.63, 3.8) is 0 Å². The molecule has 0 radical (unpaired) electrons. The highest BCUT2D eigenvalue weighted by Crippen LogP contribution is 2.26. The SMILES string of the molecule is CCOC(=O)[C@@H](CC(N)Cc1ccc(-c2cc(Cl)ccc2F)cc1)N=[N+]=[N-]. The number of halogens is 2. The minimum absolute atomic E-state index is 0.174. The third-order valence-corrected chi connectivity index (χ3v) is 4.20. The van der Waals surface area contributed by atoms with Gasteiger partial charge in [0.25, 0.3) is 0 Å².